The number of carbonyl (C=O) groups is 2. The molecule has 2 heterocycles. The van der Waals surface area contributed by atoms with Crippen LogP contribution in [0.15, 0.2) is 18.7 Å². The van der Waals surface area contributed by atoms with E-state index < -0.39 is 12.1 Å². The Morgan fingerprint density at radius 2 is 2.07 bits per heavy atom. The van der Waals surface area contributed by atoms with Gasteiger partial charge in [0.1, 0.15) is 11.0 Å². The molecular formula is C24H31NO4S. The average molecular weight is 430 g/mol. The molecule has 1 amide bonds. The van der Waals surface area contributed by atoms with Crippen molar-refractivity contribution in [3.8, 4) is 11.8 Å². The summed E-state index contributed by atoms with van der Waals surface area (Å²) in [5.74, 6) is 5.38. The van der Waals surface area contributed by atoms with Crippen LogP contribution in [0.25, 0.3) is 0 Å². The highest BCUT2D eigenvalue weighted by Crippen LogP contribution is 2.39. The third-order valence-electron chi connectivity index (χ3n) is 5.61. The van der Waals surface area contributed by atoms with E-state index in [4.69, 9.17) is 4.74 Å². The third kappa shape index (κ3) is 5.14. The van der Waals surface area contributed by atoms with Gasteiger partial charge >= 0.3 is 5.97 Å². The van der Waals surface area contributed by atoms with E-state index in [2.05, 4.69) is 18.4 Å². The summed E-state index contributed by atoms with van der Waals surface area (Å²) in [6.45, 7) is 10.2. The SMILES string of the molecule is C=CC[C@@H]1OC[C@@H](C2CCCCC2)N(c2cc(C#CC(C)(C)C)sc2C(=O)O)C1=O. The molecule has 3 rings (SSSR count). The second kappa shape index (κ2) is 9.36. The highest BCUT2D eigenvalue weighted by Gasteiger charge is 2.42. The molecule has 0 unspecified atom stereocenters. The van der Waals surface area contributed by atoms with Gasteiger partial charge in [-0.2, -0.15) is 0 Å². The lowest BCUT2D eigenvalue weighted by Crippen LogP contribution is -2.57. The minimum atomic E-state index is -1.03. The van der Waals surface area contributed by atoms with Gasteiger partial charge < -0.3 is 14.7 Å². The topological polar surface area (TPSA) is 66.8 Å². The van der Waals surface area contributed by atoms with Crippen LogP contribution in [-0.4, -0.2) is 35.7 Å². The number of carboxylic acids is 1. The molecule has 1 aromatic heterocycles. The van der Waals surface area contributed by atoms with Crippen LogP contribution in [0.3, 0.4) is 0 Å². The summed E-state index contributed by atoms with van der Waals surface area (Å²) >= 11 is 1.14. The maximum Gasteiger partial charge on any atom is 0.348 e. The Morgan fingerprint density at radius 1 is 1.37 bits per heavy atom. The Bertz CT molecular complexity index is 864. The molecule has 6 heteroatoms. The number of thiophene rings is 1. The van der Waals surface area contributed by atoms with Crippen molar-refractivity contribution in [3.05, 3.63) is 28.5 Å². The standard InChI is InChI=1S/C24H31NO4S/c1-5-9-20-22(26)25(19(15-29-20)16-10-7-6-8-11-16)18-14-17(12-13-24(2,3)4)30-21(18)23(27)28/h5,14,16,19-20H,1,6-11,15H2,2-4H3,(H,27,28)/t19-,20-/m0/s1. The van der Waals surface area contributed by atoms with Crippen LogP contribution in [0.1, 0.15) is 73.8 Å². The van der Waals surface area contributed by atoms with Crippen molar-refractivity contribution in [2.45, 2.75) is 71.4 Å². The Kier molecular flexibility index (Phi) is 7.05. The molecule has 1 N–H and O–H groups in total. The van der Waals surface area contributed by atoms with Gasteiger partial charge in [0.05, 0.1) is 23.2 Å². The molecule has 1 saturated heterocycles. The zero-order valence-corrected chi connectivity index (χ0v) is 18.9. The minimum Gasteiger partial charge on any atom is -0.477 e. The fourth-order valence-corrected chi connectivity index (χ4v) is 5.03. The molecule has 5 nitrogen and oxygen atoms in total. The molecule has 1 aliphatic carbocycles. The zero-order chi connectivity index (χ0) is 21.9. The van der Waals surface area contributed by atoms with E-state index >= 15 is 0 Å². The molecule has 2 aliphatic rings. The number of nitrogens with zero attached hydrogens (tertiary/aromatic N) is 1. The summed E-state index contributed by atoms with van der Waals surface area (Å²) in [4.78, 5) is 28.0. The van der Waals surface area contributed by atoms with Crippen LogP contribution in [0.4, 0.5) is 5.69 Å². The minimum absolute atomic E-state index is 0.144. The number of anilines is 1. The Hall–Kier alpha value is -2.10. The van der Waals surface area contributed by atoms with Gasteiger partial charge in [0.25, 0.3) is 5.91 Å². The fraction of sp³-hybridized carbons (Fsp3) is 0.583. The molecule has 162 valence electrons. The number of morpholine rings is 1. The van der Waals surface area contributed by atoms with E-state index in [1.165, 1.54) is 6.42 Å². The number of hydrogen-bond donors (Lipinski definition) is 1. The zero-order valence-electron chi connectivity index (χ0n) is 18.1. The van der Waals surface area contributed by atoms with Gasteiger partial charge in [-0.15, -0.1) is 17.9 Å². The number of hydrogen-bond acceptors (Lipinski definition) is 4. The van der Waals surface area contributed by atoms with Crippen molar-refractivity contribution < 1.29 is 19.4 Å². The van der Waals surface area contributed by atoms with Crippen molar-refractivity contribution in [2.24, 2.45) is 11.3 Å². The van der Waals surface area contributed by atoms with Crippen molar-refractivity contribution >= 4 is 28.9 Å². The maximum atomic E-state index is 13.4. The molecule has 1 aliphatic heterocycles. The molecular weight excluding hydrogens is 398 g/mol. The van der Waals surface area contributed by atoms with Crippen molar-refractivity contribution in [1.82, 2.24) is 0 Å². The largest absolute Gasteiger partial charge is 0.477 e. The lowest BCUT2D eigenvalue weighted by molar-refractivity contribution is -0.137. The number of carbonyl (C=O) groups excluding carboxylic acids is 1. The van der Waals surface area contributed by atoms with Gasteiger partial charge in [-0.25, -0.2) is 4.79 Å². The van der Waals surface area contributed by atoms with Gasteiger partial charge in [-0.1, -0.05) is 37.2 Å². The second-order valence-corrected chi connectivity index (χ2v) is 10.2. The van der Waals surface area contributed by atoms with Crippen LogP contribution in [0.2, 0.25) is 0 Å². The van der Waals surface area contributed by atoms with Crippen LogP contribution >= 0.6 is 11.3 Å². The van der Waals surface area contributed by atoms with Gasteiger partial charge in [-0.05, 0) is 45.6 Å². The van der Waals surface area contributed by atoms with Crippen molar-refractivity contribution in [3.63, 3.8) is 0 Å². The first-order valence-corrected chi connectivity index (χ1v) is 11.5. The Labute approximate surface area is 183 Å². The Morgan fingerprint density at radius 3 is 2.67 bits per heavy atom. The van der Waals surface area contributed by atoms with E-state index in [0.717, 1.165) is 37.0 Å². The maximum absolute atomic E-state index is 13.4. The van der Waals surface area contributed by atoms with Gasteiger partial charge in [0.2, 0.25) is 0 Å². The molecule has 2 atom stereocenters. The Balaban J connectivity index is 2.04. The van der Waals surface area contributed by atoms with Crippen molar-refractivity contribution in [2.75, 3.05) is 11.5 Å². The predicted octanol–water partition coefficient (Wildman–Crippen LogP) is 5.10. The number of ether oxygens (including phenoxy) is 1. The monoisotopic (exact) mass is 429 g/mol. The summed E-state index contributed by atoms with van der Waals surface area (Å²) in [5.41, 5.74) is 0.269. The highest BCUT2D eigenvalue weighted by molar-refractivity contribution is 7.15. The van der Waals surface area contributed by atoms with Crippen LogP contribution in [0, 0.1) is 23.2 Å². The first kappa shape index (κ1) is 22.6. The second-order valence-electron chi connectivity index (χ2n) is 9.15. The smallest absolute Gasteiger partial charge is 0.348 e. The molecule has 1 saturated carbocycles. The molecule has 2 fully saturated rings. The molecule has 0 radical (unpaired) electrons. The number of aromatic carboxylic acids is 1. The average Bonchev–Trinajstić information content (AvgIpc) is 3.12. The number of carboxylic acid groups (broad SMARTS) is 1. The molecule has 0 spiro atoms. The summed E-state index contributed by atoms with van der Waals surface area (Å²) in [6, 6.07) is 1.63. The quantitative estimate of drug-likeness (QED) is 0.522. The van der Waals surface area contributed by atoms with E-state index in [-0.39, 0.29) is 22.2 Å². The first-order valence-electron chi connectivity index (χ1n) is 10.7. The third-order valence-corrected chi connectivity index (χ3v) is 6.64. The lowest BCUT2D eigenvalue weighted by atomic mass is 9.82. The van der Waals surface area contributed by atoms with Crippen LogP contribution in [0.5, 0.6) is 0 Å². The summed E-state index contributed by atoms with van der Waals surface area (Å²) in [6.07, 6.45) is 7.02. The predicted molar refractivity (Wildman–Crippen MR) is 120 cm³/mol. The van der Waals surface area contributed by atoms with E-state index in [1.54, 1.807) is 17.0 Å². The highest BCUT2D eigenvalue weighted by atomic mass is 32.1. The molecule has 1 aromatic rings. The number of rotatable bonds is 5. The van der Waals surface area contributed by atoms with E-state index in [0.29, 0.717) is 29.5 Å². The molecule has 0 aromatic carbocycles. The van der Waals surface area contributed by atoms with E-state index in [9.17, 15) is 14.7 Å². The summed E-state index contributed by atoms with van der Waals surface area (Å²) < 4.78 is 5.91. The normalized spacial score (nSPS) is 23.0. The lowest BCUT2D eigenvalue weighted by Gasteiger charge is -2.43. The number of amides is 1. The van der Waals surface area contributed by atoms with Gasteiger partial charge in [0.15, 0.2) is 0 Å². The fourth-order valence-electron chi connectivity index (χ4n) is 4.19. The molecule has 30 heavy (non-hydrogen) atoms. The molecule has 0 bridgehead atoms. The van der Waals surface area contributed by atoms with E-state index in [1.807, 2.05) is 20.8 Å². The van der Waals surface area contributed by atoms with Crippen LogP contribution in [-0.2, 0) is 9.53 Å². The van der Waals surface area contributed by atoms with Crippen molar-refractivity contribution in [1.29, 1.82) is 0 Å². The van der Waals surface area contributed by atoms with Crippen LogP contribution < -0.4 is 4.90 Å². The first-order chi connectivity index (χ1) is 14.2. The summed E-state index contributed by atoms with van der Waals surface area (Å²) in [7, 11) is 0. The summed E-state index contributed by atoms with van der Waals surface area (Å²) in [5, 5.41) is 9.87. The van der Waals surface area contributed by atoms with Gasteiger partial charge in [-0.3, -0.25) is 4.79 Å². The van der Waals surface area contributed by atoms with Gasteiger partial charge in [0, 0.05) is 11.8 Å².